The first-order chi connectivity index (χ1) is 15.7. The molecule has 0 aliphatic rings. The van der Waals surface area contributed by atoms with E-state index in [-0.39, 0.29) is 5.91 Å². The second-order valence-corrected chi connectivity index (χ2v) is 7.75. The second kappa shape index (κ2) is 11.9. The van der Waals surface area contributed by atoms with Gasteiger partial charge in [0.25, 0.3) is 0 Å². The van der Waals surface area contributed by atoms with Gasteiger partial charge in [0.05, 0.1) is 0 Å². The molecule has 3 rings (SSSR count). The Morgan fingerprint density at radius 1 is 0.719 bits per heavy atom. The van der Waals surface area contributed by atoms with E-state index in [9.17, 15) is 4.79 Å². The monoisotopic (exact) mass is 423 g/mol. The van der Waals surface area contributed by atoms with E-state index < -0.39 is 0 Å². The highest BCUT2D eigenvalue weighted by atomic mass is 16.2. The van der Waals surface area contributed by atoms with E-state index in [1.807, 2.05) is 24.8 Å². The van der Waals surface area contributed by atoms with Crippen LogP contribution in [0.4, 0.5) is 0 Å². The number of benzene rings is 3. The lowest BCUT2D eigenvalue weighted by Crippen LogP contribution is -2.28. The van der Waals surface area contributed by atoms with E-state index in [0.29, 0.717) is 0 Å². The Labute approximate surface area is 192 Å². The summed E-state index contributed by atoms with van der Waals surface area (Å²) in [5.41, 5.74) is 7.51. The van der Waals surface area contributed by atoms with Crippen molar-refractivity contribution in [2.24, 2.45) is 0 Å². The minimum atomic E-state index is 0.0800. The number of carbonyl (C=O) groups excluding carboxylic acids is 1. The van der Waals surface area contributed by atoms with E-state index >= 15 is 0 Å². The number of allylic oxidation sites excluding steroid dienone is 2. The molecular formula is C30H33NO. The van der Waals surface area contributed by atoms with Gasteiger partial charge in [0.1, 0.15) is 0 Å². The van der Waals surface area contributed by atoms with Crippen molar-refractivity contribution in [3.05, 3.63) is 119 Å². The zero-order valence-corrected chi connectivity index (χ0v) is 19.4. The number of nitrogens with zero attached hydrogens (tertiary/aromatic N) is 1. The number of likely N-dealkylation sites (N-methyl/N-ethyl adjacent to an activating group) is 1. The fourth-order valence-corrected chi connectivity index (χ4v) is 4.03. The van der Waals surface area contributed by atoms with Crippen LogP contribution in [0.5, 0.6) is 0 Å². The van der Waals surface area contributed by atoms with Crippen LogP contribution in [0.3, 0.4) is 0 Å². The van der Waals surface area contributed by atoms with Crippen molar-refractivity contribution in [2.75, 3.05) is 13.1 Å². The van der Waals surface area contributed by atoms with Gasteiger partial charge in [-0.3, -0.25) is 4.79 Å². The fourth-order valence-electron chi connectivity index (χ4n) is 4.03. The minimum absolute atomic E-state index is 0.0800. The summed E-state index contributed by atoms with van der Waals surface area (Å²) < 4.78 is 0. The standard InChI is InChI=1S/C30H33NO/c1-4-28(25-15-9-7-10-16-25)30(26-17-11-8-12-18-26)27-22-20-24(21-23-27)14-13-19-29(32)31(5-2)6-3/h7-13,15-23H,4-6,14H2,1-3H3/b19-13+,30-28-. The maximum absolute atomic E-state index is 12.2. The number of hydrogen-bond donors (Lipinski definition) is 0. The second-order valence-electron chi connectivity index (χ2n) is 7.75. The summed E-state index contributed by atoms with van der Waals surface area (Å²) >= 11 is 0. The van der Waals surface area contributed by atoms with Crippen LogP contribution in [-0.4, -0.2) is 23.9 Å². The summed E-state index contributed by atoms with van der Waals surface area (Å²) in [7, 11) is 0. The molecule has 0 aromatic heterocycles. The average molecular weight is 424 g/mol. The predicted molar refractivity (Wildman–Crippen MR) is 136 cm³/mol. The zero-order chi connectivity index (χ0) is 22.8. The van der Waals surface area contributed by atoms with Crippen molar-refractivity contribution in [3.8, 4) is 0 Å². The maximum atomic E-state index is 12.2. The van der Waals surface area contributed by atoms with Crippen molar-refractivity contribution in [2.45, 2.75) is 33.6 Å². The lowest BCUT2D eigenvalue weighted by molar-refractivity contribution is -0.125. The van der Waals surface area contributed by atoms with Gasteiger partial charge >= 0.3 is 0 Å². The smallest absolute Gasteiger partial charge is 0.246 e. The Morgan fingerprint density at radius 3 is 1.78 bits per heavy atom. The molecular weight excluding hydrogens is 390 g/mol. The summed E-state index contributed by atoms with van der Waals surface area (Å²) in [4.78, 5) is 14.0. The molecule has 0 atom stereocenters. The van der Waals surface area contributed by atoms with Gasteiger partial charge in [-0.25, -0.2) is 0 Å². The highest BCUT2D eigenvalue weighted by molar-refractivity contribution is 5.98. The molecule has 1 amide bonds. The van der Waals surface area contributed by atoms with Crippen molar-refractivity contribution in [1.29, 1.82) is 0 Å². The molecule has 3 aromatic rings. The summed E-state index contributed by atoms with van der Waals surface area (Å²) in [6, 6.07) is 30.0. The first-order valence-corrected chi connectivity index (χ1v) is 11.6. The van der Waals surface area contributed by atoms with Gasteiger partial charge in [-0.2, -0.15) is 0 Å². The van der Waals surface area contributed by atoms with Crippen LogP contribution in [0, 0.1) is 0 Å². The van der Waals surface area contributed by atoms with Crippen molar-refractivity contribution < 1.29 is 4.79 Å². The van der Waals surface area contributed by atoms with Crippen LogP contribution in [0.2, 0.25) is 0 Å². The highest BCUT2D eigenvalue weighted by Gasteiger charge is 2.12. The molecule has 32 heavy (non-hydrogen) atoms. The number of carbonyl (C=O) groups is 1. The maximum Gasteiger partial charge on any atom is 0.246 e. The van der Waals surface area contributed by atoms with Crippen molar-refractivity contribution in [3.63, 3.8) is 0 Å². The Bertz CT molecular complexity index is 1040. The van der Waals surface area contributed by atoms with E-state index in [2.05, 4.69) is 91.9 Å². The van der Waals surface area contributed by atoms with E-state index in [0.717, 1.165) is 25.9 Å². The molecule has 0 unspecified atom stereocenters. The number of hydrogen-bond acceptors (Lipinski definition) is 1. The molecule has 0 aliphatic heterocycles. The molecule has 0 bridgehead atoms. The quantitative estimate of drug-likeness (QED) is 0.267. The summed E-state index contributed by atoms with van der Waals surface area (Å²) in [5.74, 6) is 0.0800. The van der Waals surface area contributed by atoms with Crippen LogP contribution in [0.15, 0.2) is 97.1 Å². The molecule has 0 fully saturated rings. The first-order valence-electron chi connectivity index (χ1n) is 11.6. The van der Waals surface area contributed by atoms with Gasteiger partial charge in [-0.1, -0.05) is 97.9 Å². The molecule has 0 heterocycles. The molecule has 2 nitrogen and oxygen atoms in total. The van der Waals surface area contributed by atoms with Gasteiger partial charge in [0.2, 0.25) is 5.91 Å². The van der Waals surface area contributed by atoms with Crippen molar-refractivity contribution >= 4 is 17.1 Å². The lowest BCUT2D eigenvalue weighted by Gasteiger charge is -2.17. The molecule has 0 saturated heterocycles. The molecule has 2 heteroatoms. The highest BCUT2D eigenvalue weighted by Crippen LogP contribution is 2.34. The molecule has 0 aliphatic carbocycles. The van der Waals surface area contributed by atoms with Gasteiger partial charge in [0, 0.05) is 13.1 Å². The van der Waals surface area contributed by atoms with Gasteiger partial charge in [-0.15, -0.1) is 0 Å². The molecule has 0 radical (unpaired) electrons. The number of rotatable bonds is 9. The van der Waals surface area contributed by atoms with Crippen LogP contribution in [0.1, 0.15) is 49.4 Å². The molecule has 3 aromatic carbocycles. The summed E-state index contributed by atoms with van der Waals surface area (Å²) in [5, 5.41) is 0. The Hall–Kier alpha value is -3.39. The van der Waals surface area contributed by atoms with E-state index in [1.165, 1.54) is 33.4 Å². The van der Waals surface area contributed by atoms with E-state index in [4.69, 9.17) is 0 Å². The third-order valence-electron chi connectivity index (χ3n) is 5.77. The van der Waals surface area contributed by atoms with Crippen LogP contribution >= 0.6 is 0 Å². The lowest BCUT2D eigenvalue weighted by atomic mass is 9.88. The SMILES string of the molecule is CC/C(=C(\c1ccccc1)c1ccc(C/C=C/C(=O)N(CC)CC)cc1)c1ccccc1. The van der Waals surface area contributed by atoms with Crippen LogP contribution in [0.25, 0.3) is 11.1 Å². The third kappa shape index (κ3) is 5.85. The van der Waals surface area contributed by atoms with E-state index in [1.54, 1.807) is 6.08 Å². The Kier molecular flexibility index (Phi) is 8.62. The summed E-state index contributed by atoms with van der Waals surface area (Å²) in [6.45, 7) is 7.71. The molecule has 0 spiro atoms. The Morgan fingerprint density at radius 2 is 1.25 bits per heavy atom. The fraction of sp³-hybridized carbons (Fsp3) is 0.233. The summed E-state index contributed by atoms with van der Waals surface area (Å²) in [6.07, 6.45) is 5.36. The largest absolute Gasteiger partial charge is 0.340 e. The van der Waals surface area contributed by atoms with Crippen molar-refractivity contribution in [1.82, 2.24) is 4.90 Å². The Balaban J connectivity index is 1.91. The zero-order valence-electron chi connectivity index (χ0n) is 19.4. The normalized spacial score (nSPS) is 12.0. The topological polar surface area (TPSA) is 20.3 Å². The third-order valence-corrected chi connectivity index (χ3v) is 5.77. The van der Waals surface area contributed by atoms with Crippen LogP contribution in [-0.2, 0) is 11.2 Å². The number of amides is 1. The average Bonchev–Trinajstić information content (AvgIpc) is 2.85. The van der Waals surface area contributed by atoms with Gasteiger partial charge in [-0.05, 0) is 66.2 Å². The molecule has 0 N–H and O–H groups in total. The minimum Gasteiger partial charge on any atom is -0.340 e. The first kappa shape index (κ1) is 23.3. The molecule has 164 valence electrons. The van der Waals surface area contributed by atoms with Gasteiger partial charge in [0.15, 0.2) is 0 Å². The predicted octanol–water partition coefficient (Wildman–Crippen LogP) is 7.02. The van der Waals surface area contributed by atoms with Gasteiger partial charge < -0.3 is 4.90 Å². The molecule has 0 saturated carbocycles. The van der Waals surface area contributed by atoms with Crippen LogP contribution < -0.4 is 0 Å².